The fourth-order valence-corrected chi connectivity index (χ4v) is 9.97. The van der Waals surface area contributed by atoms with E-state index in [1.165, 1.54) is 16.7 Å². The van der Waals surface area contributed by atoms with Crippen molar-refractivity contribution < 1.29 is 37.2 Å². The van der Waals surface area contributed by atoms with Crippen molar-refractivity contribution >= 4 is 32.8 Å². The summed E-state index contributed by atoms with van der Waals surface area (Å²) in [5.74, 6) is 1.76. The summed E-state index contributed by atoms with van der Waals surface area (Å²) < 4.78 is 57.8. The van der Waals surface area contributed by atoms with E-state index in [0.29, 0.717) is 28.4 Å². The largest absolute Gasteiger partial charge is 0.510 e. The molecule has 0 aliphatic carbocycles. The van der Waals surface area contributed by atoms with E-state index in [0.717, 1.165) is 66.5 Å². The molecule has 6 heteroatoms. The Morgan fingerprint density at radius 3 is 1.84 bits per heavy atom. The van der Waals surface area contributed by atoms with Gasteiger partial charge in [-0.25, -0.2) is 4.98 Å². The van der Waals surface area contributed by atoms with Crippen LogP contribution in [0.15, 0.2) is 182 Å². The SMILES string of the molecule is [2H]c1c([2H])c([2H])c(-c2cccc(-c3cccc(C(C)(C)C)c3)c2-[n+]2[c-]n(-c3[c-]c(Oc4[c-]c5c(cc4)c4ccccc4n5-c4cc(C(C)(C)C)ccn4)ccc3)c3cc(-c4cc(C(C)(C)C)cc(C(C)(C)C)c4)ccc32)c([2H])c1[2H].[Pt]. The number of benzene rings is 8. The predicted molar refractivity (Wildman–Crippen MR) is 311 cm³/mol. The van der Waals surface area contributed by atoms with Gasteiger partial charge in [-0.3, -0.25) is 4.57 Å². The molecule has 0 bridgehead atoms. The quantitative estimate of drug-likeness (QED) is 0.112. The van der Waals surface area contributed by atoms with Crippen LogP contribution < -0.4 is 9.30 Å². The third-order valence-corrected chi connectivity index (χ3v) is 14.3. The minimum Gasteiger partial charge on any atom is -0.510 e. The van der Waals surface area contributed by atoms with Crippen LogP contribution in [0.3, 0.4) is 0 Å². The summed E-state index contributed by atoms with van der Waals surface area (Å²) in [6.45, 7) is 26.6. The van der Waals surface area contributed by atoms with Crippen LogP contribution in [0.25, 0.3) is 83.4 Å². The number of ether oxygens (including phenoxy) is 1. The van der Waals surface area contributed by atoms with Crippen molar-refractivity contribution in [3.05, 3.63) is 223 Å². The number of hydrogen-bond donors (Lipinski definition) is 0. The van der Waals surface area contributed by atoms with Gasteiger partial charge in [0.25, 0.3) is 6.33 Å². The summed E-state index contributed by atoms with van der Waals surface area (Å²) in [6, 6.07) is 55.3. The number of hydrogen-bond acceptors (Lipinski definition) is 2. The van der Waals surface area contributed by atoms with Gasteiger partial charge in [-0.15, -0.1) is 29.7 Å². The van der Waals surface area contributed by atoms with E-state index in [1.54, 1.807) is 0 Å². The summed E-state index contributed by atoms with van der Waals surface area (Å²) in [7, 11) is 0. The van der Waals surface area contributed by atoms with Gasteiger partial charge in [0.1, 0.15) is 5.82 Å². The number of nitrogens with zero attached hydrogens (tertiary/aromatic N) is 4. The first-order chi connectivity index (χ1) is 37.8. The summed E-state index contributed by atoms with van der Waals surface area (Å²) in [5.41, 5.74) is 13.2. The molecule has 3 aromatic heterocycles. The first kappa shape index (κ1) is 46.0. The maximum absolute atomic E-state index is 9.32. The van der Waals surface area contributed by atoms with Crippen LogP contribution in [0.1, 0.15) is 112 Å². The maximum Gasteiger partial charge on any atom is 0.268 e. The van der Waals surface area contributed by atoms with Crippen molar-refractivity contribution in [2.45, 2.75) is 105 Å². The average Bonchev–Trinajstić information content (AvgIpc) is 4.15. The molecule has 0 saturated heterocycles. The fourth-order valence-electron chi connectivity index (χ4n) is 9.97. The van der Waals surface area contributed by atoms with Crippen LogP contribution in [0.2, 0.25) is 0 Å². The van der Waals surface area contributed by atoms with Crippen LogP contribution in [-0.4, -0.2) is 14.1 Å². The van der Waals surface area contributed by atoms with Gasteiger partial charge in [-0.2, -0.15) is 18.2 Å². The second-order valence-electron chi connectivity index (χ2n) is 23.9. The molecular formula is C70H66N4OPt-2. The van der Waals surface area contributed by atoms with E-state index in [9.17, 15) is 2.74 Å². The number of aromatic nitrogens is 4. The number of para-hydroxylation sites is 2. The van der Waals surface area contributed by atoms with E-state index in [1.807, 2.05) is 63.9 Å². The molecule has 0 aliphatic heterocycles. The monoisotopic (exact) mass is 1180 g/mol. The predicted octanol–water partition coefficient (Wildman–Crippen LogP) is 17.8. The molecule has 0 unspecified atom stereocenters. The van der Waals surface area contributed by atoms with Crippen molar-refractivity contribution in [3.63, 3.8) is 0 Å². The van der Waals surface area contributed by atoms with E-state index in [2.05, 4.69) is 203 Å². The van der Waals surface area contributed by atoms with Gasteiger partial charge in [-0.1, -0.05) is 210 Å². The molecule has 0 amide bonds. The minimum absolute atomic E-state index is 0. The smallest absolute Gasteiger partial charge is 0.268 e. The minimum atomic E-state index is -0.451. The summed E-state index contributed by atoms with van der Waals surface area (Å²) in [4.78, 5) is 4.88. The molecule has 0 fully saturated rings. The summed E-state index contributed by atoms with van der Waals surface area (Å²) in [5, 5.41) is 2.11. The molecule has 0 atom stereocenters. The molecule has 11 rings (SSSR count). The first-order valence-electron chi connectivity index (χ1n) is 28.4. The van der Waals surface area contributed by atoms with Crippen molar-refractivity contribution in [1.82, 2.24) is 14.1 Å². The molecule has 384 valence electrons. The molecule has 0 N–H and O–H groups in total. The van der Waals surface area contributed by atoms with Crippen molar-refractivity contribution in [2.24, 2.45) is 0 Å². The van der Waals surface area contributed by atoms with E-state index in [4.69, 9.17) is 13.8 Å². The maximum atomic E-state index is 9.32. The molecular weight excluding hydrogens is 1110 g/mol. The summed E-state index contributed by atoms with van der Waals surface area (Å²) in [6.07, 6.45) is 5.64. The Morgan fingerprint density at radius 2 is 1.13 bits per heavy atom. The zero-order valence-corrected chi connectivity index (χ0v) is 47.7. The van der Waals surface area contributed by atoms with Gasteiger partial charge < -0.3 is 13.9 Å². The van der Waals surface area contributed by atoms with Crippen LogP contribution in [0.4, 0.5) is 0 Å². The molecule has 8 aromatic carbocycles. The van der Waals surface area contributed by atoms with E-state index >= 15 is 0 Å². The molecule has 11 aromatic rings. The van der Waals surface area contributed by atoms with Crippen LogP contribution in [0.5, 0.6) is 11.5 Å². The number of imidazole rings is 1. The Labute approximate surface area is 471 Å². The second kappa shape index (κ2) is 19.7. The van der Waals surface area contributed by atoms with Gasteiger partial charge in [0.05, 0.1) is 23.6 Å². The van der Waals surface area contributed by atoms with Crippen LogP contribution in [-0.2, 0) is 42.7 Å². The topological polar surface area (TPSA) is 35.9 Å². The second-order valence-corrected chi connectivity index (χ2v) is 23.9. The average molecular weight is 1180 g/mol. The van der Waals surface area contributed by atoms with Gasteiger partial charge >= 0.3 is 0 Å². The Kier molecular flexibility index (Phi) is 11.9. The number of rotatable bonds is 8. The molecule has 3 heterocycles. The van der Waals surface area contributed by atoms with Crippen molar-refractivity contribution in [3.8, 4) is 62.1 Å². The molecule has 76 heavy (non-hydrogen) atoms. The zero-order chi connectivity index (χ0) is 57.0. The molecule has 0 radical (unpaired) electrons. The molecule has 0 saturated carbocycles. The zero-order valence-electron chi connectivity index (χ0n) is 50.4. The normalized spacial score (nSPS) is 13.3. The molecule has 0 spiro atoms. The van der Waals surface area contributed by atoms with E-state index in [-0.39, 0.29) is 60.4 Å². The van der Waals surface area contributed by atoms with Gasteiger partial charge in [0.2, 0.25) is 0 Å². The summed E-state index contributed by atoms with van der Waals surface area (Å²) >= 11 is 0. The van der Waals surface area contributed by atoms with Crippen LogP contribution >= 0.6 is 0 Å². The number of fused-ring (bicyclic) bond motifs is 4. The molecule has 5 nitrogen and oxygen atoms in total. The van der Waals surface area contributed by atoms with Gasteiger partial charge in [0, 0.05) is 44.3 Å². The van der Waals surface area contributed by atoms with Crippen molar-refractivity contribution in [2.75, 3.05) is 0 Å². The fraction of sp³-hybridized carbons (Fsp3) is 0.229. The van der Waals surface area contributed by atoms with E-state index < -0.39 is 18.1 Å². The Morgan fingerprint density at radius 1 is 0.500 bits per heavy atom. The van der Waals surface area contributed by atoms with Crippen LogP contribution in [0, 0.1) is 18.5 Å². The van der Waals surface area contributed by atoms with Gasteiger partial charge in [0.15, 0.2) is 0 Å². The number of pyridine rings is 1. The third kappa shape index (κ3) is 9.99. The Balaban J connectivity index is 0.00000736. The standard InChI is InChI=1S/C70H66N4O.Pt/c1-67(2,3)50-24-18-23-48(37-50)58-29-20-28-57(46-21-14-13-15-22-46)66(58)73-45-72(64-40-47(31-34-62(64)73)49-38-52(69(7,8)9)41-53(39-49)70(10,11)12)54-25-19-26-55(43-54)75-56-32-33-60-59-27-16-17-30-61(59)74(63(60)44-56)65-42-51(35-36-71-65)68(4,5)6;/h13-42H,1-12H3;/q-2;/i13D,14D,15D,21D,22D;. The Hall–Kier alpha value is -7.33. The van der Waals surface area contributed by atoms with Crippen molar-refractivity contribution in [1.29, 1.82) is 0 Å². The third-order valence-electron chi connectivity index (χ3n) is 14.3. The first-order valence-corrected chi connectivity index (χ1v) is 25.9. The van der Waals surface area contributed by atoms with Gasteiger partial charge in [-0.05, 0) is 113 Å². The molecule has 0 aliphatic rings. The Bertz CT molecular complexity index is 4220.